The molecule has 112 valence electrons. The van der Waals surface area contributed by atoms with E-state index in [0.717, 1.165) is 30.2 Å². The van der Waals surface area contributed by atoms with Gasteiger partial charge in [-0.05, 0) is 25.8 Å². The Morgan fingerprint density at radius 1 is 1.43 bits per heavy atom. The van der Waals surface area contributed by atoms with Gasteiger partial charge in [0.15, 0.2) is 5.82 Å². The van der Waals surface area contributed by atoms with E-state index in [-0.39, 0.29) is 0 Å². The average molecular weight is 307 g/mol. The van der Waals surface area contributed by atoms with Crippen LogP contribution in [0.4, 0.5) is 0 Å². The van der Waals surface area contributed by atoms with Crippen LogP contribution in [0.3, 0.4) is 0 Å². The summed E-state index contributed by atoms with van der Waals surface area (Å²) in [5.74, 6) is 1.54. The molecular formula is C15H19ClN4O. The number of halogens is 1. The lowest BCUT2D eigenvalue weighted by atomic mass is 10.2. The Morgan fingerprint density at radius 2 is 2.29 bits per heavy atom. The predicted molar refractivity (Wildman–Crippen MR) is 81.3 cm³/mol. The molecule has 3 rings (SSSR count). The lowest BCUT2D eigenvalue weighted by Gasteiger charge is -2.13. The molecule has 1 aromatic carbocycles. The van der Waals surface area contributed by atoms with E-state index in [0.29, 0.717) is 17.7 Å². The number of hydrogen-bond donors (Lipinski definition) is 1. The number of nitrogens with zero attached hydrogens (tertiary/aromatic N) is 3. The van der Waals surface area contributed by atoms with E-state index >= 15 is 0 Å². The molecule has 2 aromatic rings. The number of para-hydroxylation sites is 1. The summed E-state index contributed by atoms with van der Waals surface area (Å²) in [6.45, 7) is 3.95. The van der Waals surface area contributed by atoms with Crippen molar-refractivity contribution in [2.75, 3.05) is 0 Å². The van der Waals surface area contributed by atoms with Crippen LogP contribution in [0.25, 0.3) is 0 Å². The van der Waals surface area contributed by atoms with Crippen LogP contribution in [0.2, 0.25) is 5.02 Å². The van der Waals surface area contributed by atoms with Gasteiger partial charge in [-0.15, -0.1) is 0 Å². The molecule has 1 heterocycles. The molecule has 0 atom stereocenters. The molecule has 0 spiro atoms. The largest absolute Gasteiger partial charge is 0.484 e. The molecule has 1 fully saturated rings. The van der Waals surface area contributed by atoms with Gasteiger partial charge in [0.05, 0.1) is 5.02 Å². The summed E-state index contributed by atoms with van der Waals surface area (Å²) in [7, 11) is 0. The first kappa shape index (κ1) is 14.4. The maximum atomic E-state index is 6.28. The Hall–Kier alpha value is -1.59. The number of rotatable bonds is 7. The zero-order valence-corrected chi connectivity index (χ0v) is 12.8. The fourth-order valence-corrected chi connectivity index (χ4v) is 2.45. The van der Waals surface area contributed by atoms with Gasteiger partial charge in [-0.3, -0.25) is 0 Å². The smallest absolute Gasteiger partial charge is 0.164 e. The quantitative estimate of drug-likeness (QED) is 0.854. The van der Waals surface area contributed by atoms with Crippen molar-refractivity contribution in [3.8, 4) is 5.75 Å². The highest BCUT2D eigenvalue weighted by molar-refractivity contribution is 6.32. The minimum absolute atomic E-state index is 0.369. The van der Waals surface area contributed by atoms with Crippen LogP contribution in [0.1, 0.15) is 31.2 Å². The van der Waals surface area contributed by atoms with Crippen molar-refractivity contribution in [2.24, 2.45) is 0 Å². The Labute approximate surface area is 129 Å². The first-order valence-electron chi connectivity index (χ1n) is 7.28. The van der Waals surface area contributed by atoms with Crippen molar-refractivity contribution in [2.45, 2.75) is 45.5 Å². The summed E-state index contributed by atoms with van der Waals surface area (Å²) in [5.41, 5.74) is 1.08. The second-order valence-electron chi connectivity index (χ2n) is 5.16. The van der Waals surface area contributed by atoms with Crippen LogP contribution >= 0.6 is 11.6 Å². The lowest BCUT2D eigenvalue weighted by Crippen LogP contribution is -2.16. The van der Waals surface area contributed by atoms with Crippen molar-refractivity contribution < 1.29 is 4.74 Å². The summed E-state index contributed by atoms with van der Waals surface area (Å²) >= 11 is 6.28. The molecule has 1 aromatic heterocycles. The van der Waals surface area contributed by atoms with Crippen molar-refractivity contribution >= 4 is 11.6 Å². The summed E-state index contributed by atoms with van der Waals surface area (Å²) in [6, 6.07) is 6.50. The van der Waals surface area contributed by atoms with Crippen LogP contribution < -0.4 is 10.1 Å². The van der Waals surface area contributed by atoms with Crippen molar-refractivity contribution in [3.05, 3.63) is 40.9 Å². The number of hydrogen-bond acceptors (Lipinski definition) is 4. The molecule has 0 bridgehead atoms. The summed E-state index contributed by atoms with van der Waals surface area (Å²) in [5, 5.41) is 8.26. The number of benzene rings is 1. The Bertz CT molecular complexity index is 609. The van der Waals surface area contributed by atoms with Gasteiger partial charge in [-0.25, -0.2) is 9.67 Å². The van der Waals surface area contributed by atoms with Crippen LogP contribution in [0.15, 0.2) is 24.5 Å². The van der Waals surface area contributed by atoms with E-state index < -0.39 is 0 Å². The first-order chi connectivity index (χ1) is 10.3. The number of aryl methyl sites for hydroxylation is 1. The minimum atomic E-state index is 0.369. The average Bonchev–Trinajstić information content (AvgIpc) is 3.21. The molecule has 1 saturated carbocycles. The lowest BCUT2D eigenvalue weighted by molar-refractivity contribution is 0.284. The van der Waals surface area contributed by atoms with Crippen LogP contribution in [0.5, 0.6) is 5.75 Å². The van der Waals surface area contributed by atoms with Crippen LogP contribution in [0, 0.1) is 0 Å². The first-order valence-corrected chi connectivity index (χ1v) is 7.66. The van der Waals surface area contributed by atoms with Gasteiger partial charge < -0.3 is 10.1 Å². The van der Waals surface area contributed by atoms with Gasteiger partial charge in [0, 0.05) is 24.7 Å². The Morgan fingerprint density at radius 3 is 3.05 bits per heavy atom. The van der Waals surface area contributed by atoms with E-state index in [1.165, 1.54) is 12.8 Å². The van der Waals surface area contributed by atoms with Crippen molar-refractivity contribution in [1.82, 2.24) is 20.1 Å². The molecule has 0 radical (unpaired) electrons. The van der Waals surface area contributed by atoms with Crippen LogP contribution in [-0.2, 0) is 19.7 Å². The van der Waals surface area contributed by atoms with Crippen LogP contribution in [-0.4, -0.2) is 20.8 Å². The third kappa shape index (κ3) is 3.54. The maximum Gasteiger partial charge on any atom is 0.164 e. The second-order valence-corrected chi connectivity index (χ2v) is 5.57. The third-order valence-electron chi connectivity index (χ3n) is 3.55. The molecule has 1 N–H and O–H groups in total. The van der Waals surface area contributed by atoms with Gasteiger partial charge in [0.2, 0.25) is 0 Å². The van der Waals surface area contributed by atoms with E-state index in [2.05, 4.69) is 15.4 Å². The summed E-state index contributed by atoms with van der Waals surface area (Å²) in [4.78, 5) is 4.21. The van der Waals surface area contributed by atoms with Crippen molar-refractivity contribution in [1.29, 1.82) is 0 Å². The van der Waals surface area contributed by atoms with Crippen molar-refractivity contribution in [3.63, 3.8) is 0 Å². The van der Waals surface area contributed by atoms with Gasteiger partial charge in [-0.1, -0.05) is 23.7 Å². The van der Waals surface area contributed by atoms with Gasteiger partial charge in [0.25, 0.3) is 0 Å². The van der Waals surface area contributed by atoms with E-state index in [9.17, 15) is 0 Å². The standard InChI is InChI=1S/C15H19ClN4O/c1-2-20-14(18-10-19-20)9-21-15-11(4-3-5-13(15)16)8-17-12-6-7-12/h3-5,10,12,17H,2,6-9H2,1H3. The minimum Gasteiger partial charge on any atom is -0.484 e. The van der Waals surface area contributed by atoms with E-state index in [4.69, 9.17) is 16.3 Å². The SMILES string of the molecule is CCn1ncnc1COc1c(Cl)cccc1CNC1CC1. The molecule has 5 nitrogen and oxygen atoms in total. The monoisotopic (exact) mass is 306 g/mol. The zero-order valence-electron chi connectivity index (χ0n) is 12.1. The number of aromatic nitrogens is 3. The molecule has 0 unspecified atom stereocenters. The molecule has 21 heavy (non-hydrogen) atoms. The Kier molecular flexibility index (Phi) is 4.41. The van der Waals surface area contributed by atoms with Gasteiger partial charge in [-0.2, -0.15) is 5.10 Å². The normalized spacial score (nSPS) is 14.4. The van der Waals surface area contributed by atoms with Gasteiger partial charge >= 0.3 is 0 Å². The molecule has 0 aliphatic heterocycles. The topological polar surface area (TPSA) is 52.0 Å². The third-order valence-corrected chi connectivity index (χ3v) is 3.85. The molecule has 0 saturated heterocycles. The molecule has 6 heteroatoms. The fraction of sp³-hybridized carbons (Fsp3) is 0.467. The highest BCUT2D eigenvalue weighted by atomic mass is 35.5. The zero-order chi connectivity index (χ0) is 14.7. The Balaban J connectivity index is 1.70. The molecular weight excluding hydrogens is 288 g/mol. The second kappa shape index (κ2) is 6.45. The summed E-state index contributed by atoms with van der Waals surface area (Å²) in [6.07, 6.45) is 4.07. The van der Waals surface area contributed by atoms with E-state index in [1.807, 2.05) is 29.8 Å². The number of ether oxygens (including phenoxy) is 1. The molecule has 0 amide bonds. The highest BCUT2D eigenvalue weighted by Gasteiger charge is 2.21. The van der Waals surface area contributed by atoms with E-state index in [1.54, 1.807) is 6.33 Å². The predicted octanol–water partition coefficient (Wildman–Crippen LogP) is 2.78. The molecule has 1 aliphatic rings. The van der Waals surface area contributed by atoms with Gasteiger partial charge in [0.1, 0.15) is 18.7 Å². The molecule has 1 aliphatic carbocycles. The maximum absolute atomic E-state index is 6.28. The number of nitrogens with one attached hydrogen (secondary N) is 1. The highest BCUT2D eigenvalue weighted by Crippen LogP contribution is 2.30. The fourth-order valence-electron chi connectivity index (χ4n) is 2.20. The summed E-state index contributed by atoms with van der Waals surface area (Å²) < 4.78 is 7.73.